The molecule has 0 aliphatic heterocycles. The smallest absolute Gasteiger partial charge is 0.338 e. The van der Waals surface area contributed by atoms with Gasteiger partial charge < -0.3 is 18.6 Å². The summed E-state index contributed by atoms with van der Waals surface area (Å²) in [7, 11) is 0. The van der Waals surface area contributed by atoms with E-state index in [2.05, 4.69) is 0 Å². The maximum atomic E-state index is 13.0. The van der Waals surface area contributed by atoms with E-state index in [1.807, 2.05) is 26.8 Å². The molecule has 0 atom stereocenters. The largest absolute Gasteiger partial charge is 0.489 e. The summed E-state index contributed by atoms with van der Waals surface area (Å²) in [6.45, 7) is 8.42. The summed E-state index contributed by atoms with van der Waals surface area (Å²) >= 11 is 0. The second-order valence-electron chi connectivity index (χ2n) is 7.33. The number of aryl methyl sites for hydroxylation is 1. The number of benzene rings is 2. The first-order chi connectivity index (χ1) is 14.9. The third-order valence-electron chi connectivity index (χ3n) is 4.48. The van der Waals surface area contributed by atoms with Crippen LogP contribution < -0.4 is 14.9 Å². The molecule has 162 valence electrons. The number of allylic oxidation sites excluding steroid dienone is 1. The van der Waals surface area contributed by atoms with Crippen molar-refractivity contribution in [2.24, 2.45) is 0 Å². The number of ether oxygens (including phenoxy) is 3. The van der Waals surface area contributed by atoms with Gasteiger partial charge in [-0.05, 0) is 69.7 Å². The highest BCUT2D eigenvalue weighted by molar-refractivity contribution is 5.89. The van der Waals surface area contributed by atoms with Crippen LogP contribution in [0.15, 0.2) is 63.3 Å². The van der Waals surface area contributed by atoms with Gasteiger partial charge in [0.1, 0.15) is 29.4 Å². The molecular weight excluding hydrogens is 396 g/mol. The molecule has 0 radical (unpaired) electrons. The van der Waals surface area contributed by atoms with Crippen molar-refractivity contribution in [2.75, 3.05) is 13.2 Å². The fourth-order valence-corrected chi connectivity index (χ4v) is 2.84. The monoisotopic (exact) mass is 422 g/mol. The topological polar surface area (TPSA) is 75.0 Å². The SMILES string of the molecule is CCCOC(=O)c1ccc(Oc2c(C)oc3cc(OCC=C(C)C)ccc3c2=O)cc1. The predicted octanol–water partition coefficient (Wildman–Crippen LogP) is 5.81. The van der Waals surface area contributed by atoms with Gasteiger partial charge in [-0.2, -0.15) is 0 Å². The van der Waals surface area contributed by atoms with Crippen molar-refractivity contribution in [1.29, 1.82) is 0 Å². The van der Waals surface area contributed by atoms with E-state index in [4.69, 9.17) is 18.6 Å². The Morgan fingerprint density at radius 1 is 1.06 bits per heavy atom. The van der Waals surface area contributed by atoms with Gasteiger partial charge in [-0.3, -0.25) is 4.79 Å². The quantitative estimate of drug-likeness (QED) is 0.337. The Labute approximate surface area is 181 Å². The average Bonchev–Trinajstić information content (AvgIpc) is 2.75. The normalized spacial score (nSPS) is 10.6. The van der Waals surface area contributed by atoms with Crippen molar-refractivity contribution in [1.82, 2.24) is 0 Å². The minimum absolute atomic E-state index is 0.104. The Hall–Kier alpha value is -3.54. The number of hydrogen-bond donors (Lipinski definition) is 0. The molecule has 1 heterocycles. The van der Waals surface area contributed by atoms with E-state index in [0.29, 0.717) is 47.0 Å². The van der Waals surface area contributed by atoms with E-state index in [0.717, 1.165) is 12.0 Å². The molecule has 0 aliphatic carbocycles. The molecule has 0 spiro atoms. The van der Waals surface area contributed by atoms with E-state index in [9.17, 15) is 9.59 Å². The molecular formula is C25H26O6. The predicted molar refractivity (Wildman–Crippen MR) is 119 cm³/mol. The van der Waals surface area contributed by atoms with Crippen LogP contribution in [-0.2, 0) is 4.74 Å². The molecule has 3 aromatic rings. The molecule has 0 amide bonds. The van der Waals surface area contributed by atoms with Crippen molar-refractivity contribution in [3.05, 3.63) is 75.7 Å². The Morgan fingerprint density at radius 3 is 2.45 bits per heavy atom. The number of hydrogen-bond acceptors (Lipinski definition) is 6. The number of esters is 1. The van der Waals surface area contributed by atoms with Gasteiger partial charge in [0.15, 0.2) is 0 Å². The number of carbonyl (C=O) groups is 1. The zero-order chi connectivity index (χ0) is 22.4. The van der Waals surface area contributed by atoms with Crippen LogP contribution in [0.1, 0.15) is 43.3 Å². The molecule has 0 aliphatic rings. The lowest BCUT2D eigenvalue weighted by Gasteiger charge is -2.10. The maximum absolute atomic E-state index is 13.0. The molecule has 2 aromatic carbocycles. The maximum Gasteiger partial charge on any atom is 0.338 e. The second kappa shape index (κ2) is 9.98. The minimum atomic E-state index is -0.391. The molecule has 0 fully saturated rings. The van der Waals surface area contributed by atoms with Crippen LogP contribution in [0.2, 0.25) is 0 Å². The summed E-state index contributed by atoms with van der Waals surface area (Å²) < 4.78 is 22.4. The first-order valence-corrected chi connectivity index (χ1v) is 10.2. The van der Waals surface area contributed by atoms with Crippen molar-refractivity contribution in [3.8, 4) is 17.2 Å². The highest BCUT2D eigenvalue weighted by Gasteiger charge is 2.15. The molecule has 0 unspecified atom stereocenters. The summed E-state index contributed by atoms with van der Waals surface area (Å²) in [5.41, 5.74) is 1.74. The van der Waals surface area contributed by atoms with E-state index < -0.39 is 5.97 Å². The molecule has 6 nitrogen and oxygen atoms in total. The average molecular weight is 422 g/mol. The molecule has 0 bridgehead atoms. The van der Waals surface area contributed by atoms with Crippen LogP contribution in [0.25, 0.3) is 11.0 Å². The second-order valence-corrected chi connectivity index (χ2v) is 7.33. The van der Waals surface area contributed by atoms with Gasteiger partial charge in [-0.15, -0.1) is 0 Å². The Morgan fingerprint density at radius 2 is 1.77 bits per heavy atom. The number of carbonyl (C=O) groups excluding carboxylic acids is 1. The first-order valence-electron chi connectivity index (χ1n) is 10.2. The van der Waals surface area contributed by atoms with Crippen molar-refractivity contribution in [3.63, 3.8) is 0 Å². The standard InChI is InChI=1S/C25H26O6/c1-5-13-29-25(27)18-6-8-19(9-7-18)31-24-17(4)30-22-15-20(28-14-12-16(2)3)10-11-21(22)23(24)26/h6-12,15H,5,13-14H2,1-4H3. The van der Waals surface area contributed by atoms with Crippen LogP contribution in [-0.4, -0.2) is 19.2 Å². The molecule has 0 N–H and O–H groups in total. The van der Waals surface area contributed by atoms with Crippen molar-refractivity contribution in [2.45, 2.75) is 34.1 Å². The summed E-state index contributed by atoms with van der Waals surface area (Å²) in [5.74, 6) is 1.10. The lowest BCUT2D eigenvalue weighted by Crippen LogP contribution is -2.08. The van der Waals surface area contributed by atoms with E-state index >= 15 is 0 Å². The van der Waals surface area contributed by atoms with Crippen LogP contribution >= 0.6 is 0 Å². The molecule has 0 saturated heterocycles. The lowest BCUT2D eigenvalue weighted by atomic mass is 10.2. The van der Waals surface area contributed by atoms with Gasteiger partial charge in [0.25, 0.3) is 0 Å². The highest BCUT2D eigenvalue weighted by atomic mass is 16.5. The Bertz CT molecular complexity index is 1150. The minimum Gasteiger partial charge on any atom is -0.489 e. The van der Waals surface area contributed by atoms with E-state index in [-0.39, 0.29) is 11.2 Å². The third kappa shape index (κ3) is 5.54. The van der Waals surface area contributed by atoms with Gasteiger partial charge in [-0.25, -0.2) is 4.79 Å². The van der Waals surface area contributed by atoms with Gasteiger partial charge in [0.2, 0.25) is 11.2 Å². The van der Waals surface area contributed by atoms with Gasteiger partial charge in [0, 0.05) is 6.07 Å². The van der Waals surface area contributed by atoms with Crippen LogP contribution in [0.5, 0.6) is 17.2 Å². The zero-order valence-corrected chi connectivity index (χ0v) is 18.2. The van der Waals surface area contributed by atoms with Crippen LogP contribution in [0, 0.1) is 6.92 Å². The van der Waals surface area contributed by atoms with Crippen molar-refractivity contribution < 1.29 is 23.4 Å². The number of rotatable bonds is 8. The van der Waals surface area contributed by atoms with Crippen LogP contribution in [0.4, 0.5) is 0 Å². The zero-order valence-electron chi connectivity index (χ0n) is 18.2. The molecule has 3 rings (SSSR count). The summed E-state index contributed by atoms with van der Waals surface area (Å²) in [6.07, 6.45) is 2.73. The highest BCUT2D eigenvalue weighted by Crippen LogP contribution is 2.27. The molecule has 6 heteroatoms. The Kier molecular flexibility index (Phi) is 7.13. The molecule has 1 aromatic heterocycles. The third-order valence-corrected chi connectivity index (χ3v) is 4.48. The summed E-state index contributed by atoms with van der Waals surface area (Å²) in [6, 6.07) is 11.5. The van der Waals surface area contributed by atoms with Gasteiger partial charge in [-0.1, -0.05) is 12.5 Å². The first kappa shape index (κ1) is 22.2. The fraction of sp³-hybridized carbons (Fsp3) is 0.280. The van der Waals surface area contributed by atoms with Gasteiger partial charge in [0.05, 0.1) is 17.6 Å². The van der Waals surface area contributed by atoms with E-state index in [1.165, 1.54) is 0 Å². The fourth-order valence-electron chi connectivity index (χ4n) is 2.84. The van der Waals surface area contributed by atoms with Crippen molar-refractivity contribution >= 4 is 16.9 Å². The Balaban J connectivity index is 1.82. The summed E-state index contributed by atoms with van der Waals surface area (Å²) in [4.78, 5) is 24.9. The summed E-state index contributed by atoms with van der Waals surface area (Å²) in [5, 5.41) is 0.398. The van der Waals surface area contributed by atoms with E-state index in [1.54, 1.807) is 49.4 Å². The number of fused-ring (bicyclic) bond motifs is 1. The molecule has 0 saturated carbocycles. The van der Waals surface area contributed by atoms with Crippen LogP contribution in [0.3, 0.4) is 0 Å². The molecule has 31 heavy (non-hydrogen) atoms. The lowest BCUT2D eigenvalue weighted by molar-refractivity contribution is 0.0505. The van der Waals surface area contributed by atoms with Gasteiger partial charge >= 0.3 is 5.97 Å².